The van der Waals surface area contributed by atoms with E-state index >= 15 is 0 Å². The molecule has 4 amide bonds. The number of fused-ring (bicyclic) bond motifs is 3. The van der Waals surface area contributed by atoms with Crippen molar-refractivity contribution in [3.63, 3.8) is 0 Å². The van der Waals surface area contributed by atoms with Gasteiger partial charge in [-0.2, -0.15) is 0 Å². The molecular formula is C34H38N4O6. The molecule has 0 unspecified atom stereocenters. The van der Waals surface area contributed by atoms with Gasteiger partial charge in [0, 0.05) is 25.4 Å². The molecular weight excluding hydrogens is 560 g/mol. The number of carboxylic acids is 1. The lowest BCUT2D eigenvalue weighted by Gasteiger charge is -2.32. The largest absolute Gasteiger partial charge is 0.480 e. The molecule has 44 heavy (non-hydrogen) atoms. The Bertz CT molecular complexity index is 1460. The van der Waals surface area contributed by atoms with Crippen molar-refractivity contribution in [3.05, 3.63) is 95.6 Å². The summed E-state index contributed by atoms with van der Waals surface area (Å²) in [6, 6.07) is 22.6. The average molecular weight is 599 g/mol. The van der Waals surface area contributed by atoms with Gasteiger partial charge in [-0.15, -0.1) is 0 Å². The van der Waals surface area contributed by atoms with Gasteiger partial charge < -0.3 is 20.5 Å². The molecule has 10 heteroatoms. The van der Waals surface area contributed by atoms with Crippen LogP contribution in [0.25, 0.3) is 11.1 Å². The summed E-state index contributed by atoms with van der Waals surface area (Å²) in [4.78, 5) is 52.0. The van der Waals surface area contributed by atoms with Crippen molar-refractivity contribution in [2.24, 2.45) is 5.92 Å². The van der Waals surface area contributed by atoms with Crippen LogP contribution < -0.4 is 10.6 Å². The van der Waals surface area contributed by atoms with Crippen LogP contribution in [0, 0.1) is 5.92 Å². The number of carbonyl (C=O) groups excluding carboxylic acids is 3. The first-order valence-electron chi connectivity index (χ1n) is 15.0. The number of benzene rings is 3. The summed E-state index contributed by atoms with van der Waals surface area (Å²) < 4.78 is 5.73. The van der Waals surface area contributed by atoms with E-state index in [1.807, 2.05) is 80.6 Å². The molecule has 0 aromatic heterocycles. The fraction of sp³-hybridized carbons (Fsp3) is 0.353. The Balaban J connectivity index is 1.29. The first-order chi connectivity index (χ1) is 21.2. The van der Waals surface area contributed by atoms with Crippen LogP contribution in [0.5, 0.6) is 0 Å². The smallest absolute Gasteiger partial charge is 0.407 e. The summed E-state index contributed by atoms with van der Waals surface area (Å²) in [6.45, 7) is 4.34. The SMILES string of the molecule is CC(C)C[C@H](NC(=O)N1CCCN1C(=O)[C@H](Cc1ccccc1)NC(=O)OCC1c2ccccc2-c2ccccc21)C(=O)O. The molecule has 0 spiro atoms. The Morgan fingerprint density at radius 3 is 2.02 bits per heavy atom. The number of hydrogen-bond donors (Lipinski definition) is 3. The van der Waals surface area contributed by atoms with Crippen molar-refractivity contribution in [1.29, 1.82) is 0 Å². The molecule has 10 nitrogen and oxygen atoms in total. The number of carbonyl (C=O) groups is 4. The van der Waals surface area contributed by atoms with E-state index < -0.39 is 36.1 Å². The van der Waals surface area contributed by atoms with Crippen molar-refractivity contribution in [3.8, 4) is 11.1 Å². The number of carboxylic acid groups (broad SMARTS) is 1. The maximum atomic E-state index is 13.9. The summed E-state index contributed by atoms with van der Waals surface area (Å²) in [7, 11) is 0. The lowest BCUT2D eigenvalue weighted by Crippen LogP contribution is -2.57. The summed E-state index contributed by atoms with van der Waals surface area (Å²) in [6.07, 6.45) is 0.215. The zero-order chi connectivity index (χ0) is 31.2. The van der Waals surface area contributed by atoms with Crippen LogP contribution in [0.4, 0.5) is 9.59 Å². The molecule has 0 radical (unpaired) electrons. The molecule has 0 bridgehead atoms. The summed E-state index contributed by atoms with van der Waals surface area (Å²) in [5.41, 5.74) is 5.20. The molecule has 5 rings (SSSR count). The van der Waals surface area contributed by atoms with E-state index in [-0.39, 0.29) is 44.4 Å². The van der Waals surface area contributed by atoms with Crippen LogP contribution >= 0.6 is 0 Å². The molecule has 0 saturated carbocycles. The van der Waals surface area contributed by atoms with Crippen LogP contribution in [0.2, 0.25) is 0 Å². The highest BCUT2D eigenvalue weighted by atomic mass is 16.5. The van der Waals surface area contributed by atoms with E-state index in [0.717, 1.165) is 27.8 Å². The van der Waals surface area contributed by atoms with Crippen molar-refractivity contribution in [2.45, 2.75) is 51.1 Å². The lowest BCUT2D eigenvalue weighted by atomic mass is 9.98. The number of hydrogen-bond acceptors (Lipinski definition) is 5. The van der Waals surface area contributed by atoms with E-state index in [4.69, 9.17) is 4.74 Å². The number of alkyl carbamates (subject to hydrolysis) is 1. The highest BCUT2D eigenvalue weighted by Crippen LogP contribution is 2.44. The normalized spacial score (nSPS) is 15.3. The van der Waals surface area contributed by atoms with Gasteiger partial charge in [-0.05, 0) is 46.6 Å². The summed E-state index contributed by atoms with van der Waals surface area (Å²) in [5, 5.41) is 17.4. The van der Waals surface area contributed by atoms with Gasteiger partial charge >= 0.3 is 18.1 Å². The molecule has 3 N–H and O–H groups in total. The van der Waals surface area contributed by atoms with Gasteiger partial charge in [-0.1, -0.05) is 92.7 Å². The number of aliphatic carboxylic acids is 1. The van der Waals surface area contributed by atoms with Crippen molar-refractivity contribution in [2.75, 3.05) is 19.7 Å². The Hall–Kier alpha value is -4.86. The van der Waals surface area contributed by atoms with Crippen molar-refractivity contribution < 1.29 is 29.0 Å². The first kappa shape index (κ1) is 30.6. The maximum Gasteiger partial charge on any atom is 0.407 e. The lowest BCUT2D eigenvalue weighted by molar-refractivity contribution is -0.142. The van der Waals surface area contributed by atoms with Gasteiger partial charge in [0.15, 0.2) is 0 Å². The van der Waals surface area contributed by atoms with E-state index in [1.165, 1.54) is 10.0 Å². The van der Waals surface area contributed by atoms with E-state index in [9.17, 15) is 24.3 Å². The van der Waals surface area contributed by atoms with Gasteiger partial charge in [0.2, 0.25) is 0 Å². The third kappa shape index (κ3) is 6.85. The molecule has 3 aromatic rings. The van der Waals surface area contributed by atoms with Crippen molar-refractivity contribution >= 4 is 24.0 Å². The maximum absolute atomic E-state index is 13.9. The van der Waals surface area contributed by atoms with Crippen LogP contribution in [-0.2, 0) is 20.7 Å². The highest BCUT2D eigenvalue weighted by Gasteiger charge is 2.37. The average Bonchev–Trinajstić information content (AvgIpc) is 3.63. The second-order valence-corrected chi connectivity index (χ2v) is 11.6. The number of nitrogens with one attached hydrogen (secondary N) is 2. The van der Waals surface area contributed by atoms with Gasteiger partial charge in [0.05, 0.1) is 0 Å². The van der Waals surface area contributed by atoms with E-state index in [0.29, 0.717) is 6.42 Å². The van der Waals surface area contributed by atoms with Crippen LogP contribution in [0.3, 0.4) is 0 Å². The van der Waals surface area contributed by atoms with Crippen LogP contribution in [-0.4, -0.2) is 70.9 Å². The predicted octanol–water partition coefficient (Wildman–Crippen LogP) is 4.79. The van der Waals surface area contributed by atoms with Gasteiger partial charge in [0.25, 0.3) is 5.91 Å². The minimum Gasteiger partial charge on any atom is -0.480 e. The Morgan fingerprint density at radius 2 is 1.41 bits per heavy atom. The molecule has 1 fully saturated rings. The molecule has 1 aliphatic heterocycles. The number of urea groups is 1. The molecule has 3 aromatic carbocycles. The third-order valence-electron chi connectivity index (χ3n) is 8.04. The minimum absolute atomic E-state index is 0.0457. The molecule has 2 atom stereocenters. The van der Waals surface area contributed by atoms with Gasteiger partial charge in [0.1, 0.15) is 18.7 Å². The third-order valence-corrected chi connectivity index (χ3v) is 8.04. The number of amides is 4. The second-order valence-electron chi connectivity index (χ2n) is 11.6. The Morgan fingerprint density at radius 1 is 0.818 bits per heavy atom. The van der Waals surface area contributed by atoms with Crippen LogP contribution in [0.15, 0.2) is 78.9 Å². The standard InChI is InChI=1S/C34H38N4O6/c1-22(2)19-30(32(40)41)35-33(42)38-18-10-17-37(38)31(39)29(20-23-11-4-3-5-12-23)36-34(43)44-21-28-26-15-8-6-13-24(26)25-14-7-9-16-27(25)28/h3-9,11-16,22,28-30H,10,17-21H2,1-2H3,(H,35,42)(H,36,43)(H,40,41)/t29-,30-/m0/s1. The number of nitrogens with zero attached hydrogens (tertiary/aromatic N) is 2. The quantitative estimate of drug-likeness (QED) is 0.308. The Labute approximate surface area is 257 Å². The van der Waals surface area contributed by atoms with Gasteiger partial charge in [-0.3, -0.25) is 4.79 Å². The fourth-order valence-corrected chi connectivity index (χ4v) is 5.98. The minimum atomic E-state index is -1.14. The number of ether oxygens (including phenoxy) is 1. The van der Waals surface area contributed by atoms with Crippen molar-refractivity contribution in [1.82, 2.24) is 20.7 Å². The molecule has 1 saturated heterocycles. The molecule has 2 aliphatic rings. The topological polar surface area (TPSA) is 128 Å². The molecule has 1 heterocycles. The monoisotopic (exact) mass is 598 g/mol. The van der Waals surface area contributed by atoms with E-state index in [2.05, 4.69) is 22.8 Å². The van der Waals surface area contributed by atoms with E-state index in [1.54, 1.807) is 0 Å². The highest BCUT2D eigenvalue weighted by molar-refractivity contribution is 5.89. The zero-order valence-corrected chi connectivity index (χ0v) is 24.9. The predicted molar refractivity (Wildman–Crippen MR) is 165 cm³/mol. The zero-order valence-electron chi connectivity index (χ0n) is 24.9. The molecule has 1 aliphatic carbocycles. The van der Waals surface area contributed by atoms with Gasteiger partial charge in [-0.25, -0.2) is 24.4 Å². The fourth-order valence-electron chi connectivity index (χ4n) is 5.98. The second kappa shape index (κ2) is 13.6. The number of hydrazine groups is 1. The van der Waals surface area contributed by atoms with Crippen LogP contribution in [0.1, 0.15) is 49.3 Å². The Kier molecular flexibility index (Phi) is 9.47. The first-order valence-corrected chi connectivity index (χ1v) is 15.0. The summed E-state index contributed by atoms with van der Waals surface area (Å²) in [5.74, 6) is -1.71. The molecule has 230 valence electrons. The summed E-state index contributed by atoms with van der Waals surface area (Å²) >= 11 is 0. The number of rotatable bonds is 10.